The number of esters is 2. The molecule has 0 aliphatic heterocycles. The van der Waals surface area contributed by atoms with Gasteiger partial charge in [0.25, 0.3) is 6.10 Å². The van der Waals surface area contributed by atoms with Crippen LogP contribution in [0, 0.1) is 0 Å². The van der Waals surface area contributed by atoms with Gasteiger partial charge in [0.2, 0.25) is 0 Å². The van der Waals surface area contributed by atoms with Gasteiger partial charge in [-0.05, 0) is 6.92 Å². The van der Waals surface area contributed by atoms with Crippen molar-refractivity contribution in [1.82, 2.24) is 0 Å². The molecule has 0 aromatic rings. The van der Waals surface area contributed by atoms with Gasteiger partial charge in [-0.25, -0.2) is 9.59 Å². The number of rotatable bonds is 4. The first-order chi connectivity index (χ1) is 5.99. The van der Waals surface area contributed by atoms with E-state index in [1.165, 1.54) is 6.92 Å². The van der Waals surface area contributed by atoms with Crippen LogP contribution in [0.3, 0.4) is 0 Å². The van der Waals surface area contributed by atoms with Gasteiger partial charge in [0, 0.05) is 6.92 Å². The summed E-state index contributed by atoms with van der Waals surface area (Å²) in [4.78, 5) is 31.6. The molecule has 0 aromatic carbocycles. The molecule has 0 bridgehead atoms. The van der Waals surface area contributed by atoms with Crippen LogP contribution in [0.25, 0.3) is 0 Å². The monoisotopic (exact) mass is 190 g/mol. The normalized spacial score (nSPS) is 11.5. The molecule has 0 aliphatic rings. The Morgan fingerprint density at radius 1 is 1.38 bits per heavy atom. The molecule has 0 aromatic heterocycles. The Balaban J connectivity index is 4.32. The van der Waals surface area contributed by atoms with Crippen molar-refractivity contribution in [3.8, 4) is 0 Å². The van der Waals surface area contributed by atoms with E-state index in [-0.39, 0.29) is 6.61 Å². The van der Waals surface area contributed by atoms with Gasteiger partial charge >= 0.3 is 17.9 Å². The predicted octanol–water partition coefficient (Wildman–Crippen LogP) is -0.434. The second-order valence-electron chi connectivity index (χ2n) is 2.08. The second kappa shape index (κ2) is 5.13. The van der Waals surface area contributed by atoms with Gasteiger partial charge < -0.3 is 14.6 Å². The molecule has 74 valence electrons. The minimum Gasteiger partial charge on any atom is -0.478 e. The van der Waals surface area contributed by atoms with Gasteiger partial charge in [-0.2, -0.15) is 0 Å². The molecule has 0 spiro atoms. The summed E-state index contributed by atoms with van der Waals surface area (Å²) in [5.41, 5.74) is 0. The lowest BCUT2D eigenvalue weighted by molar-refractivity contribution is -0.176. The lowest BCUT2D eigenvalue weighted by atomic mass is 10.3. The molecule has 0 saturated carbocycles. The fraction of sp³-hybridized carbons (Fsp3) is 0.571. The zero-order valence-electron chi connectivity index (χ0n) is 7.27. The third kappa shape index (κ3) is 4.09. The molecular formula is C7H10O6. The van der Waals surface area contributed by atoms with Crippen molar-refractivity contribution >= 4 is 17.9 Å². The molecule has 0 rings (SSSR count). The van der Waals surface area contributed by atoms with Gasteiger partial charge in [-0.1, -0.05) is 0 Å². The van der Waals surface area contributed by atoms with Crippen LogP contribution in [0.15, 0.2) is 0 Å². The number of hydrogen-bond acceptors (Lipinski definition) is 5. The molecule has 0 amide bonds. The van der Waals surface area contributed by atoms with Crippen molar-refractivity contribution in [1.29, 1.82) is 0 Å². The van der Waals surface area contributed by atoms with E-state index in [1.807, 2.05) is 0 Å². The maximum atomic E-state index is 10.8. The summed E-state index contributed by atoms with van der Waals surface area (Å²) >= 11 is 0. The van der Waals surface area contributed by atoms with Crippen LogP contribution in [0.5, 0.6) is 0 Å². The smallest absolute Gasteiger partial charge is 0.359 e. The number of hydrogen-bond donors (Lipinski definition) is 1. The summed E-state index contributed by atoms with van der Waals surface area (Å²) in [6.07, 6.45) is -1.86. The summed E-state index contributed by atoms with van der Waals surface area (Å²) in [6.45, 7) is 2.56. The van der Waals surface area contributed by atoms with E-state index in [1.54, 1.807) is 0 Å². The summed E-state index contributed by atoms with van der Waals surface area (Å²) in [5.74, 6) is -3.47. The number of carboxylic acids is 1. The third-order valence-electron chi connectivity index (χ3n) is 1.01. The van der Waals surface area contributed by atoms with E-state index in [4.69, 9.17) is 5.11 Å². The van der Waals surface area contributed by atoms with E-state index in [9.17, 15) is 14.4 Å². The van der Waals surface area contributed by atoms with Crippen molar-refractivity contribution in [3.05, 3.63) is 0 Å². The number of ether oxygens (including phenoxy) is 2. The maximum Gasteiger partial charge on any atom is 0.359 e. The van der Waals surface area contributed by atoms with Crippen LogP contribution in [-0.2, 0) is 23.9 Å². The molecule has 13 heavy (non-hydrogen) atoms. The quantitative estimate of drug-likeness (QED) is 0.477. The van der Waals surface area contributed by atoms with Crippen LogP contribution in [0.4, 0.5) is 0 Å². The topological polar surface area (TPSA) is 89.9 Å². The highest BCUT2D eigenvalue weighted by Crippen LogP contribution is 1.97. The first kappa shape index (κ1) is 11.4. The zero-order chi connectivity index (χ0) is 10.4. The van der Waals surface area contributed by atoms with E-state index in [0.29, 0.717) is 0 Å². The molecule has 1 N–H and O–H groups in total. The summed E-state index contributed by atoms with van der Waals surface area (Å²) in [7, 11) is 0. The largest absolute Gasteiger partial charge is 0.478 e. The van der Waals surface area contributed by atoms with Crippen LogP contribution >= 0.6 is 0 Å². The Bertz CT molecular complexity index is 221. The Morgan fingerprint density at radius 3 is 2.23 bits per heavy atom. The Morgan fingerprint density at radius 2 is 1.92 bits per heavy atom. The predicted molar refractivity (Wildman–Crippen MR) is 39.8 cm³/mol. The second-order valence-corrected chi connectivity index (χ2v) is 2.08. The standard InChI is InChI=1S/C7H10O6/c1-3-12-7(11)5(6(9)10)13-4(2)8/h5H,3H2,1-2H3,(H,9,10)/t5-/m0/s1. The molecule has 0 unspecified atom stereocenters. The highest BCUT2D eigenvalue weighted by atomic mass is 16.6. The fourth-order valence-electron chi connectivity index (χ4n) is 0.583. The fourth-order valence-corrected chi connectivity index (χ4v) is 0.583. The molecule has 0 heterocycles. The first-order valence-corrected chi connectivity index (χ1v) is 3.55. The Hall–Kier alpha value is -1.59. The first-order valence-electron chi connectivity index (χ1n) is 3.55. The van der Waals surface area contributed by atoms with Gasteiger partial charge in [0.15, 0.2) is 0 Å². The van der Waals surface area contributed by atoms with Crippen molar-refractivity contribution in [3.63, 3.8) is 0 Å². The highest BCUT2D eigenvalue weighted by molar-refractivity contribution is 5.98. The minimum atomic E-state index is -1.86. The van der Waals surface area contributed by atoms with Crippen molar-refractivity contribution in [2.24, 2.45) is 0 Å². The van der Waals surface area contributed by atoms with Crippen LogP contribution in [0.1, 0.15) is 13.8 Å². The van der Waals surface area contributed by atoms with E-state index >= 15 is 0 Å². The summed E-state index contributed by atoms with van der Waals surface area (Å²) in [5, 5.41) is 8.44. The van der Waals surface area contributed by atoms with E-state index < -0.39 is 24.0 Å². The molecular weight excluding hydrogens is 180 g/mol. The van der Waals surface area contributed by atoms with Crippen LogP contribution in [-0.4, -0.2) is 35.7 Å². The van der Waals surface area contributed by atoms with Crippen LogP contribution < -0.4 is 0 Å². The number of aliphatic carboxylic acids is 1. The maximum absolute atomic E-state index is 10.8. The molecule has 0 fully saturated rings. The zero-order valence-corrected chi connectivity index (χ0v) is 7.27. The van der Waals surface area contributed by atoms with E-state index in [0.717, 1.165) is 6.92 Å². The SMILES string of the molecule is CCOC(=O)[C@@H](OC(C)=O)C(=O)O. The van der Waals surface area contributed by atoms with Gasteiger partial charge in [0.05, 0.1) is 6.61 Å². The molecule has 0 saturated heterocycles. The van der Waals surface area contributed by atoms with Crippen molar-refractivity contribution in [2.75, 3.05) is 6.61 Å². The van der Waals surface area contributed by atoms with Gasteiger partial charge in [-0.15, -0.1) is 0 Å². The molecule has 6 nitrogen and oxygen atoms in total. The molecule has 6 heteroatoms. The van der Waals surface area contributed by atoms with Crippen LogP contribution in [0.2, 0.25) is 0 Å². The summed E-state index contributed by atoms with van der Waals surface area (Å²) in [6, 6.07) is 0. The van der Waals surface area contributed by atoms with E-state index in [2.05, 4.69) is 9.47 Å². The van der Waals surface area contributed by atoms with Crippen molar-refractivity contribution < 1.29 is 29.0 Å². The Kier molecular flexibility index (Phi) is 4.50. The lowest BCUT2D eigenvalue weighted by Crippen LogP contribution is -2.35. The third-order valence-corrected chi connectivity index (χ3v) is 1.01. The number of carbonyl (C=O) groups is 3. The Labute approximate surface area is 74.4 Å². The average molecular weight is 190 g/mol. The minimum absolute atomic E-state index is 0.0316. The molecule has 0 radical (unpaired) electrons. The molecule has 1 atom stereocenters. The van der Waals surface area contributed by atoms with Gasteiger partial charge in [0.1, 0.15) is 0 Å². The lowest BCUT2D eigenvalue weighted by Gasteiger charge is -2.10. The van der Waals surface area contributed by atoms with Gasteiger partial charge in [-0.3, -0.25) is 4.79 Å². The number of carboxylic acid groups (broad SMARTS) is 1. The molecule has 0 aliphatic carbocycles. The number of carbonyl (C=O) groups excluding carboxylic acids is 2. The average Bonchev–Trinajstić information content (AvgIpc) is 1.99. The van der Waals surface area contributed by atoms with Crippen molar-refractivity contribution in [2.45, 2.75) is 20.0 Å². The highest BCUT2D eigenvalue weighted by Gasteiger charge is 2.30. The summed E-state index contributed by atoms with van der Waals surface area (Å²) < 4.78 is 8.58.